The lowest BCUT2D eigenvalue weighted by Crippen LogP contribution is -2.32. The molecule has 0 aliphatic carbocycles. The average Bonchev–Trinajstić information content (AvgIpc) is 3.03. The van der Waals surface area contributed by atoms with Crippen molar-refractivity contribution in [2.24, 2.45) is 0 Å². The lowest BCUT2D eigenvalue weighted by Gasteiger charge is -2.16. The second-order valence-electron chi connectivity index (χ2n) is 8.36. The van der Waals surface area contributed by atoms with E-state index in [4.69, 9.17) is 0 Å². The molecular weight excluding hydrogens is 396 g/mol. The molecule has 0 atom stereocenters. The average molecular weight is 425 g/mol. The molecular formula is C23H28N4O2S. The molecule has 1 aromatic carbocycles. The predicted molar refractivity (Wildman–Crippen MR) is 122 cm³/mol. The van der Waals surface area contributed by atoms with Crippen LogP contribution in [-0.4, -0.2) is 28.3 Å². The molecule has 158 valence electrons. The van der Waals surface area contributed by atoms with Gasteiger partial charge in [-0.25, -0.2) is 9.97 Å². The smallest absolute Gasteiger partial charge is 0.262 e. The molecule has 0 saturated heterocycles. The highest BCUT2D eigenvalue weighted by Gasteiger charge is 2.23. The van der Waals surface area contributed by atoms with Crippen LogP contribution in [0.25, 0.3) is 10.2 Å². The number of hydrogen-bond donors (Lipinski definition) is 2. The lowest BCUT2D eigenvalue weighted by molar-refractivity contribution is -0.115. The van der Waals surface area contributed by atoms with Gasteiger partial charge in [0, 0.05) is 16.5 Å². The first kappa shape index (κ1) is 21.9. The Morgan fingerprint density at radius 2 is 1.80 bits per heavy atom. The summed E-state index contributed by atoms with van der Waals surface area (Å²) in [5.41, 5.74) is 3.37. The number of nitrogens with one attached hydrogen (secondary N) is 2. The third-order valence-corrected chi connectivity index (χ3v) is 6.11. The van der Waals surface area contributed by atoms with Crippen molar-refractivity contribution in [1.29, 1.82) is 0 Å². The van der Waals surface area contributed by atoms with E-state index in [-0.39, 0.29) is 23.8 Å². The predicted octanol–water partition coefficient (Wildman–Crippen LogP) is 4.54. The van der Waals surface area contributed by atoms with E-state index in [1.54, 1.807) is 0 Å². The van der Waals surface area contributed by atoms with Crippen LogP contribution in [0.2, 0.25) is 0 Å². The molecule has 2 aromatic heterocycles. The first-order valence-corrected chi connectivity index (χ1v) is 10.9. The SMILES string of the molecule is CCc1ccccc1NC(=O)CNC(=O)c1sc2nc(C(C)(C)C)nc(C)c2c1C. The van der Waals surface area contributed by atoms with Gasteiger partial charge in [-0.3, -0.25) is 9.59 Å². The number of amides is 2. The molecule has 0 spiro atoms. The Morgan fingerprint density at radius 3 is 2.47 bits per heavy atom. The Morgan fingerprint density at radius 1 is 1.10 bits per heavy atom. The van der Waals surface area contributed by atoms with Crippen molar-refractivity contribution in [2.45, 2.75) is 53.4 Å². The molecule has 2 amide bonds. The zero-order chi connectivity index (χ0) is 22.1. The van der Waals surface area contributed by atoms with Gasteiger partial charge < -0.3 is 10.6 Å². The Bertz CT molecular complexity index is 1110. The first-order chi connectivity index (χ1) is 14.1. The summed E-state index contributed by atoms with van der Waals surface area (Å²) in [6.45, 7) is 12.0. The van der Waals surface area contributed by atoms with Crippen LogP contribution in [0.3, 0.4) is 0 Å². The van der Waals surface area contributed by atoms with E-state index in [0.29, 0.717) is 4.88 Å². The second kappa shape index (κ2) is 8.52. The molecule has 0 unspecified atom stereocenters. The third kappa shape index (κ3) is 4.51. The number of benzene rings is 1. The van der Waals surface area contributed by atoms with Gasteiger partial charge in [0.05, 0.1) is 17.1 Å². The lowest BCUT2D eigenvalue weighted by atomic mass is 9.95. The fourth-order valence-electron chi connectivity index (χ4n) is 3.28. The molecule has 2 heterocycles. The number of carbonyl (C=O) groups is 2. The van der Waals surface area contributed by atoms with E-state index in [1.807, 2.05) is 45.0 Å². The second-order valence-corrected chi connectivity index (χ2v) is 9.36. The van der Waals surface area contributed by atoms with Crippen molar-refractivity contribution in [3.8, 4) is 0 Å². The molecule has 6 nitrogen and oxygen atoms in total. The summed E-state index contributed by atoms with van der Waals surface area (Å²) >= 11 is 1.34. The van der Waals surface area contributed by atoms with Gasteiger partial charge in [0.2, 0.25) is 5.91 Å². The zero-order valence-electron chi connectivity index (χ0n) is 18.3. The maximum absolute atomic E-state index is 12.8. The van der Waals surface area contributed by atoms with Crippen LogP contribution in [0.1, 0.15) is 60.0 Å². The molecule has 3 aromatic rings. The van der Waals surface area contributed by atoms with E-state index >= 15 is 0 Å². The van der Waals surface area contributed by atoms with Crippen molar-refractivity contribution in [3.63, 3.8) is 0 Å². The monoisotopic (exact) mass is 424 g/mol. The molecule has 0 aliphatic heterocycles. The van der Waals surface area contributed by atoms with Crippen molar-refractivity contribution >= 4 is 39.1 Å². The highest BCUT2D eigenvalue weighted by Crippen LogP contribution is 2.33. The van der Waals surface area contributed by atoms with Crippen LogP contribution in [-0.2, 0) is 16.6 Å². The van der Waals surface area contributed by atoms with Gasteiger partial charge in [-0.2, -0.15) is 0 Å². The van der Waals surface area contributed by atoms with E-state index in [0.717, 1.165) is 45.0 Å². The van der Waals surface area contributed by atoms with E-state index in [2.05, 4.69) is 41.4 Å². The van der Waals surface area contributed by atoms with Gasteiger partial charge in [0.1, 0.15) is 10.7 Å². The number of hydrogen-bond acceptors (Lipinski definition) is 5. The summed E-state index contributed by atoms with van der Waals surface area (Å²) in [5, 5.41) is 6.52. The summed E-state index contributed by atoms with van der Waals surface area (Å²) in [4.78, 5) is 35.8. The number of para-hydroxylation sites is 1. The number of fused-ring (bicyclic) bond motifs is 1. The molecule has 7 heteroatoms. The van der Waals surface area contributed by atoms with Crippen LogP contribution >= 0.6 is 11.3 Å². The van der Waals surface area contributed by atoms with Gasteiger partial charge in [-0.05, 0) is 37.5 Å². The number of carbonyl (C=O) groups excluding carboxylic acids is 2. The fraction of sp³-hybridized carbons (Fsp3) is 0.391. The minimum absolute atomic E-state index is 0.0948. The van der Waals surface area contributed by atoms with Crippen molar-refractivity contribution in [3.05, 3.63) is 51.8 Å². The number of anilines is 1. The van der Waals surface area contributed by atoms with Gasteiger partial charge in [-0.1, -0.05) is 45.9 Å². The van der Waals surface area contributed by atoms with E-state index in [9.17, 15) is 9.59 Å². The normalized spacial score (nSPS) is 11.5. The zero-order valence-corrected chi connectivity index (χ0v) is 19.2. The molecule has 0 radical (unpaired) electrons. The van der Waals surface area contributed by atoms with Crippen LogP contribution in [0, 0.1) is 13.8 Å². The summed E-state index contributed by atoms with van der Waals surface area (Å²) in [6, 6.07) is 7.66. The van der Waals surface area contributed by atoms with Gasteiger partial charge >= 0.3 is 0 Å². The maximum atomic E-state index is 12.8. The van der Waals surface area contributed by atoms with Gasteiger partial charge in [-0.15, -0.1) is 11.3 Å². The number of aromatic nitrogens is 2. The topological polar surface area (TPSA) is 84.0 Å². The summed E-state index contributed by atoms with van der Waals surface area (Å²) in [7, 11) is 0. The number of thiophene rings is 1. The van der Waals surface area contributed by atoms with Crippen LogP contribution in [0.5, 0.6) is 0 Å². The number of nitrogens with zero attached hydrogens (tertiary/aromatic N) is 2. The fourth-order valence-corrected chi connectivity index (χ4v) is 4.43. The van der Waals surface area contributed by atoms with Gasteiger partial charge in [0.25, 0.3) is 5.91 Å². The minimum Gasteiger partial charge on any atom is -0.342 e. The molecule has 0 bridgehead atoms. The van der Waals surface area contributed by atoms with Gasteiger partial charge in [0.15, 0.2) is 0 Å². The molecule has 0 fully saturated rings. The number of rotatable bonds is 5. The van der Waals surface area contributed by atoms with Crippen LogP contribution in [0.4, 0.5) is 5.69 Å². The van der Waals surface area contributed by atoms with Crippen molar-refractivity contribution < 1.29 is 9.59 Å². The van der Waals surface area contributed by atoms with Crippen molar-refractivity contribution in [1.82, 2.24) is 15.3 Å². The Balaban J connectivity index is 1.76. The molecule has 2 N–H and O–H groups in total. The van der Waals surface area contributed by atoms with E-state index in [1.165, 1.54) is 11.3 Å². The molecule has 3 rings (SSSR count). The maximum Gasteiger partial charge on any atom is 0.262 e. The summed E-state index contributed by atoms with van der Waals surface area (Å²) < 4.78 is 0. The highest BCUT2D eigenvalue weighted by molar-refractivity contribution is 7.20. The largest absolute Gasteiger partial charge is 0.342 e. The van der Waals surface area contributed by atoms with E-state index < -0.39 is 0 Å². The quantitative estimate of drug-likeness (QED) is 0.630. The van der Waals surface area contributed by atoms with Crippen molar-refractivity contribution in [2.75, 3.05) is 11.9 Å². The third-order valence-electron chi connectivity index (χ3n) is 4.93. The highest BCUT2D eigenvalue weighted by atomic mass is 32.1. The van der Waals surface area contributed by atoms with Crippen LogP contribution < -0.4 is 10.6 Å². The Hall–Kier alpha value is -2.80. The molecule has 30 heavy (non-hydrogen) atoms. The van der Waals surface area contributed by atoms with Crippen LogP contribution in [0.15, 0.2) is 24.3 Å². The number of aryl methyl sites for hydroxylation is 3. The summed E-state index contributed by atoms with van der Waals surface area (Å²) in [6.07, 6.45) is 0.820. The standard InChI is InChI=1S/C23H28N4O2S/c1-7-15-10-8-9-11-16(15)26-17(28)12-24-20(29)19-13(2)18-14(3)25-22(23(4,5)6)27-21(18)30-19/h8-11H,7,12H2,1-6H3,(H,24,29)(H,26,28). The first-order valence-electron chi connectivity index (χ1n) is 10.1. The Kier molecular flexibility index (Phi) is 6.22. The minimum atomic E-state index is -0.272. The molecule has 0 saturated carbocycles. The molecule has 0 aliphatic rings. The Labute approximate surface area is 181 Å². The summed E-state index contributed by atoms with van der Waals surface area (Å²) in [5.74, 6) is 0.231.